The fraction of sp³-hybridized carbons (Fsp3) is 0.292. The van der Waals surface area contributed by atoms with E-state index in [0.717, 1.165) is 22.9 Å². The predicted octanol–water partition coefficient (Wildman–Crippen LogP) is 3.13. The lowest BCUT2D eigenvalue weighted by Crippen LogP contribution is -2.43. The number of nitrogens with zero attached hydrogens (tertiary/aromatic N) is 2. The van der Waals surface area contributed by atoms with E-state index in [-0.39, 0.29) is 24.5 Å². The van der Waals surface area contributed by atoms with Crippen LogP contribution in [0.15, 0.2) is 64.3 Å². The van der Waals surface area contributed by atoms with Gasteiger partial charge in [0, 0.05) is 25.0 Å². The van der Waals surface area contributed by atoms with E-state index >= 15 is 0 Å². The summed E-state index contributed by atoms with van der Waals surface area (Å²) in [6.45, 7) is 2.04. The first-order chi connectivity index (χ1) is 17.0. The molecule has 0 aliphatic rings. The summed E-state index contributed by atoms with van der Waals surface area (Å²) in [5, 5.41) is 2.56. The van der Waals surface area contributed by atoms with Gasteiger partial charge in [-0.15, -0.1) is 0 Å². The number of benzene rings is 2. The first-order valence-electron chi connectivity index (χ1n) is 11.0. The van der Waals surface area contributed by atoms with Gasteiger partial charge in [0.2, 0.25) is 0 Å². The summed E-state index contributed by atoms with van der Waals surface area (Å²) >= 11 is -2.24. The molecular weight excluding hydrogens is 499 g/mol. The Morgan fingerprint density at radius 1 is 1.08 bits per heavy atom. The van der Waals surface area contributed by atoms with Crippen LogP contribution in [-0.4, -0.2) is 23.8 Å². The van der Waals surface area contributed by atoms with Gasteiger partial charge in [0.15, 0.2) is 0 Å². The van der Waals surface area contributed by atoms with Crippen LogP contribution in [0.3, 0.4) is 0 Å². The Kier molecular flexibility index (Phi) is 8.64. The van der Waals surface area contributed by atoms with Gasteiger partial charge in [0.1, 0.15) is 5.56 Å². The standard InChI is InChI=1S/C24H24F3N3O5S/c1-2-3-11-29-14-20(21(31)28-13-16-7-9-17(10-8-16)15-36(34)35)22(32)30(23(29)33)19-6-4-5-18(12-19)24(25,26)27/h4-10,12,14H,2-3,11,13,15H2,1H3,(H,28,31)(H,34,35)/p-1. The van der Waals surface area contributed by atoms with Gasteiger partial charge in [-0.25, -0.2) is 9.36 Å². The fourth-order valence-electron chi connectivity index (χ4n) is 3.46. The quantitative estimate of drug-likeness (QED) is 0.434. The molecule has 8 nitrogen and oxygen atoms in total. The van der Waals surface area contributed by atoms with Crippen molar-refractivity contribution in [3.8, 4) is 5.69 Å². The van der Waals surface area contributed by atoms with Crippen LogP contribution in [-0.2, 0) is 36.1 Å². The Hall–Kier alpha value is -3.51. The number of nitrogens with one attached hydrogen (secondary N) is 1. The van der Waals surface area contributed by atoms with E-state index in [0.29, 0.717) is 34.6 Å². The minimum Gasteiger partial charge on any atom is -0.772 e. The molecule has 2 aromatic carbocycles. The van der Waals surface area contributed by atoms with E-state index in [2.05, 4.69) is 5.32 Å². The second-order valence-corrected chi connectivity index (χ2v) is 8.90. The number of aryl methyl sites for hydroxylation is 1. The molecule has 1 heterocycles. The number of rotatable bonds is 9. The molecule has 0 saturated carbocycles. The number of alkyl halides is 3. The van der Waals surface area contributed by atoms with Gasteiger partial charge in [0.25, 0.3) is 11.5 Å². The number of unbranched alkanes of at least 4 members (excludes halogenated alkanes) is 1. The smallest absolute Gasteiger partial charge is 0.416 e. The second-order valence-electron chi connectivity index (χ2n) is 8.01. The first kappa shape index (κ1) is 27.1. The molecule has 0 saturated heterocycles. The van der Waals surface area contributed by atoms with Crippen molar-refractivity contribution in [3.05, 3.63) is 97.8 Å². The van der Waals surface area contributed by atoms with Crippen LogP contribution < -0.4 is 16.6 Å². The van der Waals surface area contributed by atoms with Crippen LogP contribution in [0.4, 0.5) is 13.2 Å². The Morgan fingerprint density at radius 3 is 2.36 bits per heavy atom. The average Bonchev–Trinajstić information content (AvgIpc) is 2.82. The van der Waals surface area contributed by atoms with E-state index in [1.165, 1.54) is 6.07 Å². The lowest BCUT2D eigenvalue weighted by molar-refractivity contribution is -0.137. The van der Waals surface area contributed by atoms with Gasteiger partial charge in [-0.2, -0.15) is 13.2 Å². The topological polar surface area (TPSA) is 113 Å². The van der Waals surface area contributed by atoms with E-state index in [4.69, 9.17) is 0 Å². The molecule has 1 unspecified atom stereocenters. The van der Waals surface area contributed by atoms with Crippen LogP contribution in [0.2, 0.25) is 0 Å². The van der Waals surface area contributed by atoms with Gasteiger partial charge < -0.3 is 9.87 Å². The maximum atomic E-state index is 13.2. The lowest BCUT2D eigenvalue weighted by atomic mass is 10.1. The van der Waals surface area contributed by atoms with Crippen molar-refractivity contribution < 1.29 is 26.7 Å². The zero-order valence-electron chi connectivity index (χ0n) is 19.2. The van der Waals surface area contributed by atoms with Crippen LogP contribution in [0, 0.1) is 0 Å². The summed E-state index contributed by atoms with van der Waals surface area (Å²) in [4.78, 5) is 39.0. The molecule has 1 aromatic heterocycles. The van der Waals surface area contributed by atoms with Crippen molar-refractivity contribution in [2.45, 2.75) is 44.8 Å². The Labute approximate surface area is 206 Å². The maximum Gasteiger partial charge on any atom is 0.416 e. The molecule has 0 bridgehead atoms. The zero-order chi connectivity index (χ0) is 26.5. The van der Waals surface area contributed by atoms with Crippen molar-refractivity contribution in [3.63, 3.8) is 0 Å². The molecule has 0 radical (unpaired) electrons. The summed E-state index contributed by atoms with van der Waals surface area (Å²) < 4.78 is 63.0. The molecule has 36 heavy (non-hydrogen) atoms. The Balaban J connectivity index is 1.97. The predicted molar refractivity (Wildman–Crippen MR) is 126 cm³/mol. The van der Waals surface area contributed by atoms with E-state index in [9.17, 15) is 36.3 Å². The molecule has 1 amide bonds. The van der Waals surface area contributed by atoms with Crippen molar-refractivity contribution in [1.82, 2.24) is 14.5 Å². The normalized spacial score (nSPS) is 12.4. The molecule has 1 N–H and O–H groups in total. The SMILES string of the molecule is CCCCn1cc(C(=O)NCc2ccc(CS(=O)[O-])cc2)c(=O)n(-c2cccc(C(F)(F)F)c2)c1=O. The third-order valence-electron chi connectivity index (χ3n) is 5.34. The summed E-state index contributed by atoms with van der Waals surface area (Å²) in [6, 6.07) is 10.2. The van der Waals surface area contributed by atoms with Gasteiger partial charge in [-0.1, -0.05) is 54.8 Å². The molecule has 192 valence electrons. The number of hydrogen-bond donors (Lipinski definition) is 1. The number of carbonyl (C=O) groups excluding carboxylic acids is 1. The van der Waals surface area contributed by atoms with E-state index < -0.39 is 45.5 Å². The molecule has 3 rings (SSSR count). The third kappa shape index (κ3) is 6.58. The summed E-state index contributed by atoms with van der Waals surface area (Å²) in [7, 11) is 0. The Bertz CT molecular complexity index is 1380. The monoisotopic (exact) mass is 522 g/mol. The van der Waals surface area contributed by atoms with Gasteiger partial charge in [0.05, 0.1) is 11.3 Å². The molecule has 12 heteroatoms. The Morgan fingerprint density at radius 2 is 1.75 bits per heavy atom. The summed E-state index contributed by atoms with van der Waals surface area (Å²) in [5.74, 6) is -0.961. The van der Waals surface area contributed by atoms with Crippen molar-refractivity contribution in [2.24, 2.45) is 0 Å². The average molecular weight is 523 g/mol. The summed E-state index contributed by atoms with van der Waals surface area (Å²) in [6.07, 6.45) is -2.32. The van der Waals surface area contributed by atoms with Crippen molar-refractivity contribution in [1.29, 1.82) is 0 Å². The highest BCUT2D eigenvalue weighted by molar-refractivity contribution is 7.78. The van der Waals surface area contributed by atoms with Crippen LogP contribution in [0.5, 0.6) is 0 Å². The molecule has 0 spiro atoms. The van der Waals surface area contributed by atoms with Crippen LogP contribution in [0.1, 0.15) is 46.8 Å². The van der Waals surface area contributed by atoms with E-state index in [1.54, 1.807) is 24.3 Å². The largest absolute Gasteiger partial charge is 0.772 e. The molecule has 3 aromatic rings. The van der Waals surface area contributed by atoms with Gasteiger partial charge in [-0.3, -0.25) is 18.4 Å². The first-order valence-corrected chi connectivity index (χ1v) is 12.2. The lowest BCUT2D eigenvalue weighted by Gasteiger charge is -2.14. The number of hydrogen-bond acceptors (Lipinski definition) is 5. The molecule has 0 fully saturated rings. The van der Waals surface area contributed by atoms with Crippen molar-refractivity contribution >= 4 is 17.0 Å². The molecule has 1 atom stereocenters. The number of amides is 1. The highest BCUT2D eigenvalue weighted by Crippen LogP contribution is 2.29. The second kappa shape index (κ2) is 11.5. The summed E-state index contributed by atoms with van der Waals surface area (Å²) in [5.41, 5.74) is -2.45. The van der Waals surface area contributed by atoms with Crippen molar-refractivity contribution in [2.75, 3.05) is 0 Å². The third-order valence-corrected chi connectivity index (χ3v) is 5.91. The van der Waals surface area contributed by atoms with Gasteiger partial charge in [-0.05, 0) is 35.7 Å². The number of halogens is 3. The number of carbonyl (C=O) groups is 1. The number of aromatic nitrogens is 2. The maximum absolute atomic E-state index is 13.2. The van der Waals surface area contributed by atoms with Gasteiger partial charge >= 0.3 is 11.9 Å². The van der Waals surface area contributed by atoms with Crippen LogP contribution >= 0.6 is 0 Å². The molecule has 0 aliphatic carbocycles. The van der Waals surface area contributed by atoms with Crippen LogP contribution in [0.25, 0.3) is 5.69 Å². The highest BCUT2D eigenvalue weighted by atomic mass is 32.2. The highest BCUT2D eigenvalue weighted by Gasteiger charge is 2.31. The molecular formula is C24H23F3N3O5S-. The molecule has 0 aliphatic heterocycles. The van der Waals surface area contributed by atoms with E-state index in [1.807, 2.05) is 6.92 Å². The minimum absolute atomic E-state index is 0.00331. The minimum atomic E-state index is -4.69. The fourth-order valence-corrected chi connectivity index (χ4v) is 3.93. The zero-order valence-corrected chi connectivity index (χ0v) is 20.0.